The van der Waals surface area contributed by atoms with Gasteiger partial charge in [0.05, 0.1) is 17.9 Å². The maximum absolute atomic E-state index is 4.72. The zero-order chi connectivity index (χ0) is 15.1. The van der Waals surface area contributed by atoms with Crippen molar-refractivity contribution < 1.29 is 0 Å². The van der Waals surface area contributed by atoms with Crippen LogP contribution < -0.4 is 10.2 Å². The maximum atomic E-state index is 4.72. The SMILES string of the molecule is CCCNCc1cccc(CN(C)c2ccc(C)cc2)n1. The van der Waals surface area contributed by atoms with Gasteiger partial charge in [0.25, 0.3) is 0 Å². The van der Waals surface area contributed by atoms with E-state index in [2.05, 4.69) is 73.6 Å². The molecule has 0 aliphatic carbocycles. The van der Waals surface area contributed by atoms with Crippen molar-refractivity contribution in [2.75, 3.05) is 18.5 Å². The number of nitrogens with one attached hydrogen (secondary N) is 1. The lowest BCUT2D eigenvalue weighted by molar-refractivity contribution is 0.661. The van der Waals surface area contributed by atoms with Gasteiger partial charge in [-0.1, -0.05) is 30.7 Å². The first-order valence-electron chi connectivity index (χ1n) is 7.62. The molecule has 0 unspecified atom stereocenters. The van der Waals surface area contributed by atoms with Crippen LogP contribution >= 0.6 is 0 Å². The molecule has 3 nitrogen and oxygen atoms in total. The molecule has 0 bridgehead atoms. The molecule has 2 rings (SSSR count). The molecule has 3 heteroatoms. The Morgan fingerprint density at radius 2 is 1.76 bits per heavy atom. The molecule has 0 saturated carbocycles. The molecule has 0 atom stereocenters. The van der Waals surface area contributed by atoms with Crippen molar-refractivity contribution in [3.05, 3.63) is 59.4 Å². The number of benzene rings is 1. The molecular weight excluding hydrogens is 258 g/mol. The molecule has 0 amide bonds. The summed E-state index contributed by atoms with van der Waals surface area (Å²) in [5, 5.41) is 3.39. The standard InChI is InChI=1S/C18H25N3/c1-4-12-19-13-16-6-5-7-17(20-16)14-21(3)18-10-8-15(2)9-11-18/h5-11,19H,4,12-14H2,1-3H3. The van der Waals surface area contributed by atoms with E-state index >= 15 is 0 Å². The fourth-order valence-electron chi connectivity index (χ4n) is 2.24. The van der Waals surface area contributed by atoms with Gasteiger partial charge in [-0.2, -0.15) is 0 Å². The zero-order valence-electron chi connectivity index (χ0n) is 13.3. The number of pyridine rings is 1. The second-order valence-electron chi connectivity index (χ2n) is 5.49. The number of hydrogen-bond donors (Lipinski definition) is 1. The second kappa shape index (κ2) is 7.79. The minimum absolute atomic E-state index is 0.824. The highest BCUT2D eigenvalue weighted by atomic mass is 15.1. The van der Waals surface area contributed by atoms with Gasteiger partial charge in [-0.25, -0.2) is 0 Å². The average molecular weight is 283 g/mol. The largest absolute Gasteiger partial charge is 0.369 e. The van der Waals surface area contributed by atoms with Crippen molar-refractivity contribution in [2.24, 2.45) is 0 Å². The molecule has 0 saturated heterocycles. The summed E-state index contributed by atoms with van der Waals surface area (Å²) >= 11 is 0. The number of rotatable bonds is 7. The van der Waals surface area contributed by atoms with E-state index in [9.17, 15) is 0 Å². The normalized spacial score (nSPS) is 10.6. The van der Waals surface area contributed by atoms with E-state index in [0.29, 0.717) is 0 Å². The highest BCUT2D eigenvalue weighted by Crippen LogP contribution is 2.15. The van der Waals surface area contributed by atoms with Gasteiger partial charge in [0.1, 0.15) is 0 Å². The molecule has 0 spiro atoms. The van der Waals surface area contributed by atoms with Crippen LogP contribution in [0.15, 0.2) is 42.5 Å². The van der Waals surface area contributed by atoms with Gasteiger partial charge in [-0.3, -0.25) is 4.98 Å². The smallest absolute Gasteiger partial charge is 0.0600 e. The van der Waals surface area contributed by atoms with Crippen molar-refractivity contribution in [3.8, 4) is 0 Å². The molecular formula is C18H25N3. The Bertz CT molecular complexity index is 549. The summed E-state index contributed by atoms with van der Waals surface area (Å²) in [5.74, 6) is 0. The van der Waals surface area contributed by atoms with E-state index in [1.807, 2.05) is 0 Å². The van der Waals surface area contributed by atoms with Crippen LogP contribution in [0.1, 0.15) is 30.3 Å². The summed E-state index contributed by atoms with van der Waals surface area (Å²) in [5.41, 5.74) is 4.72. The molecule has 0 aliphatic rings. The van der Waals surface area contributed by atoms with Crippen LogP contribution in [0.4, 0.5) is 5.69 Å². The first-order valence-corrected chi connectivity index (χ1v) is 7.62. The fraction of sp³-hybridized carbons (Fsp3) is 0.389. The van der Waals surface area contributed by atoms with E-state index in [-0.39, 0.29) is 0 Å². The topological polar surface area (TPSA) is 28.2 Å². The molecule has 112 valence electrons. The summed E-state index contributed by atoms with van der Waals surface area (Å²) in [7, 11) is 2.11. The Morgan fingerprint density at radius 3 is 2.48 bits per heavy atom. The van der Waals surface area contributed by atoms with Gasteiger partial charge >= 0.3 is 0 Å². The monoisotopic (exact) mass is 283 g/mol. The van der Waals surface area contributed by atoms with E-state index in [1.165, 1.54) is 11.3 Å². The summed E-state index contributed by atoms with van der Waals surface area (Å²) < 4.78 is 0. The Balaban J connectivity index is 1.98. The Labute approximate surface area is 128 Å². The quantitative estimate of drug-likeness (QED) is 0.788. The van der Waals surface area contributed by atoms with Gasteiger partial charge in [0.2, 0.25) is 0 Å². The predicted molar refractivity (Wildman–Crippen MR) is 89.5 cm³/mol. The second-order valence-corrected chi connectivity index (χ2v) is 5.49. The third-order valence-electron chi connectivity index (χ3n) is 3.47. The number of hydrogen-bond acceptors (Lipinski definition) is 3. The summed E-state index contributed by atoms with van der Waals surface area (Å²) in [6.07, 6.45) is 1.15. The molecule has 0 fully saturated rings. The molecule has 1 aromatic heterocycles. The third kappa shape index (κ3) is 4.87. The third-order valence-corrected chi connectivity index (χ3v) is 3.47. The first kappa shape index (κ1) is 15.5. The van der Waals surface area contributed by atoms with E-state index in [4.69, 9.17) is 4.98 Å². The van der Waals surface area contributed by atoms with E-state index in [1.54, 1.807) is 0 Å². The first-order chi connectivity index (χ1) is 10.2. The van der Waals surface area contributed by atoms with Crippen molar-refractivity contribution in [1.82, 2.24) is 10.3 Å². The average Bonchev–Trinajstić information content (AvgIpc) is 2.48. The summed E-state index contributed by atoms with van der Waals surface area (Å²) in [6, 6.07) is 14.9. The molecule has 1 heterocycles. The minimum atomic E-state index is 0.824. The van der Waals surface area contributed by atoms with Crippen LogP contribution in [-0.2, 0) is 13.1 Å². The number of aryl methyl sites for hydroxylation is 1. The number of nitrogens with zero attached hydrogens (tertiary/aromatic N) is 2. The van der Waals surface area contributed by atoms with Crippen LogP contribution in [0.5, 0.6) is 0 Å². The van der Waals surface area contributed by atoms with Crippen LogP contribution in [0.3, 0.4) is 0 Å². The number of anilines is 1. The van der Waals surface area contributed by atoms with Crippen LogP contribution in [0, 0.1) is 6.92 Å². The Morgan fingerprint density at radius 1 is 1.05 bits per heavy atom. The van der Waals surface area contributed by atoms with Crippen LogP contribution in [-0.4, -0.2) is 18.6 Å². The molecule has 1 N–H and O–H groups in total. The van der Waals surface area contributed by atoms with Gasteiger partial charge in [-0.15, -0.1) is 0 Å². The molecule has 2 aromatic rings. The summed E-state index contributed by atoms with van der Waals surface area (Å²) in [4.78, 5) is 6.95. The van der Waals surface area contributed by atoms with Crippen molar-refractivity contribution >= 4 is 5.69 Å². The van der Waals surface area contributed by atoms with E-state index < -0.39 is 0 Å². The van der Waals surface area contributed by atoms with Crippen molar-refractivity contribution in [2.45, 2.75) is 33.4 Å². The number of aromatic nitrogens is 1. The van der Waals surface area contributed by atoms with Crippen LogP contribution in [0.25, 0.3) is 0 Å². The Kier molecular flexibility index (Phi) is 5.76. The van der Waals surface area contributed by atoms with Gasteiger partial charge in [0.15, 0.2) is 0 Å². The van der Waals surface area contributed by atoms with Gasteiger partial charge < -0.3 is 10.2 Å². The maximum Gasteiger partial charge on any atom is 0.0600 e. The van der Waals surface area contributed by atoms with Crippen molar-refractivity contribution in [1.29, 1.82) is 0 Å². The predicted octanol–water partition coefficient (Wildman–Crippen LogP) is 3.53. The van der Waals surface area contributed by atoms with Gasteiger partial charge in [0, 0.05) is 19.3 Å². The molecule has 0 radical (unpaired) electrons. The Hall–Kier alpha value is -1.87. The molecule has 1 aromatic carbocycles. The summed E-state index contributed by atoms with van der Waals surface area (Å²) in [6.45, 7) is 6.99. The molecule has 21 heavy (non-hydrogen) atoms. The van der Waals surface area contributed by atoms with Gasteiger partial charge in [-0.05, 0) is 44.2 Å². The molecule has 0 aliphatic heterocycles. The zero-order valence-corrected chi connectivity index (χ0v) is 13.3. The fourth-order valence-corrected chi connectivity index (χ4v) is 2.24. The van der Waals surface area contributed by atoms with E-state index in [0.717, 1.165) is 37.4 Å². The lowest BCUT2D eigenvalue weighted by Gasteiger charge is -2.19. The lowest BCUT2D eigenvalue weighted by atomic mass is 10.2. The minimum Gasteiger partial charge on any atom is -0.369 e. The van der Waals surface area contributed by atoms with Crippen LogP contribution in [0.2, 0.25) is 0 Å². The van der Waals surface area contributed by atoms with Crippen molar-refractivity contribution in [3.63, 3.8) is 0 Å². The lowest BCUT2D eigenvalue weighted by Crippen LogP contribution is -2.19. The highest BCUT2D eigenvalue weighted by Gasteiger charge is 2.04. The highest BCUT2D eigenvalue weighted by molar-refractivity contribution is 5.46.